The Morgan fingerprint density at radius 1 is 1.07 bits per heavy atom. The van der Waals surface area contributed by atoms with Gasteiger partial charge in [-0.1, -0.05) is 12.1 Å². The molecule has 9 heteroatoms. The van der Waals surface area contributed by atoms with Gasteiger partial charge in [-0.25, -0.2) is 4.98 Å². The number of para-hydroxylation sites is 1. The maximum absolute atomic E-state index is 10.3. The maximum atomic E-state index is 10.3. The van der Waals surface area contributed by atoms with Gasteiger partial charge in [0.25, 0.3) is 0 Å². The fraction of sp³-hybridized carbons (Fsp3) is 0.350. The summed E-state index contributed by atoms with van der Waals surface area (Å²) in [6.07, 6.45) is -6.85. The van der Waals surface area contributed by atoms with Gasteiger partial charge in [-0.3, -0.25) is 0 Å². The molecule has 1 aromatic heterocycles. The Bertz CT molecular complexity index is 959. The summed E-state index contributed by atoms with van der Waals surface area (Å²) in [4.78, 5) is 4.63. The first-order valence-electron chi connectivity index (χ1n) is 9.03. The van der Waals surface area contributed by atoms with Crippen LogP contribution in [0.5, 0.6) is 11.5 Å². The second kappa shape index (κ2) is 8.23. The summed E-state index contributed by atoms with van der Waals surface area (Å²) in [6, 6.07) is 12.9. The molecule has 1 fully saturated rings. The fourth-order valence-corrected chi connectivity index (χ4v) is 4.18. The molecule has 2 aromatic carbocycles. The summed E-state index contributed by atoms with van der Waals surface area (Å²) in [5.74, 6) is 0.849. The van der Waals surface area contributed by atoms with Crippen molar-refractivity contribution < 1.29 is 34.6 Å². The molecule has 4 rings (SSSR count). The molecular weight excluding hydrogens is 398 g/mol. The van der Waals surface area contributed by atoms with Gasteiger partial charge in [0.15, 0.2) is 0 Å². The van der Waals surface area contributed by atoms with Crippen molar-refractivity contribution in [2.24, 2.45) is 0 Å². The Morgan fingerprint density at radius 3 is 2.59 bits per heavy atom. The summed E-state index contributed by atoms with van der Waals surface area (Å²) in [5, 5.41) is 40.4. The maximum Gasteiger partial charge on any atom is 0.229 e. The minimum Gasteiger partial charge on any atom is -0.497 e. The zero-order valence-corrected chi connectivity index (χ0v) is 16.3. The summed E-state index contributed by atoms with van der Waals surface area (Å²) < 4.78 is 17.6. The number of benzene rings is 2. The van der Waals surface area contributed by atoms with Gasteiger partial charge in [0.1, 0.15) is 40.9 Å². The van der Waals surface area contributed by atoms with E-state index in [2.05, 4.69) is 4.98 Å². The van der Waals surface area contributed by atoms with E-state index in [1.807, 2.05) is 24.3 Å². The molecule has 3 aromatic rings. The van der Waals surface area contributed by atoms with Crippen molar-refractivity contribution in [1.29, 1.82) is 0 Å². The van der Waals surface area contributed by atoms with Crippen LogP contribution in [0.1, 0.15) is 0 Å². The summed E-state index contributed by atoms with van der Waals surface area (Å²) in [5.41, 5.74) is 1.51. The highest BCUT2D eigenvalue weighted by Gasteiger charge is 2.45. The quantitative estimate of drug-likeness (QED) is 0.486. The van der Waals surface area contributed by atoms with Crippen molar-refractivity contribution in [2.75, 3.05) is 13.7 Å². The molecule has 0 amide bonds. The smallest absolute Gasteiger partial charge is 0.229 e. The molecule has 0 spiro atoms. The highest BCUT2D eigenvalue weighted by atomic mass is 32.1. The minimum absolute atomic E-state index is 0.327. The van der Waals surface area contributed by atoms with E-state index in [1.54, 1.807) is 18.2 Å². The average Bonchev–Trinajstić information content (AvgIpc) is 3.18. The van der Waals surface area contributed by atoms with Crippen molar-refractivity contribution in [2.45, 2.75) is 30.7 Å². The number of thiazole rings is 1. The van der Waals surface area contributed by atoms with Gasteiger partial charge in [0, 0.05) is 6.07 Å². The van der Waals surface area contributed by atoms with Crippen LogP contribution in [0.3, 0.4) is 0 Å². The zero-order valence-electron chi connectivity index (χ0n) is 15.5. The van der Waals surface area contributed by atoms with E-state index in [0.29, 0.717) is 22.1 Å². The van der Waals surface area contributed by atoms with Gasteiger partial charge in [0.05, 0.1) is 29.5 Å². The number of fused-ring (bicyclic) bond motifs is 1. The van der Waals surface area contributed by atoms with E-state index in [1.165, 1.54) is 18.4 Å². The lowest BCUT2D eigenvalue weighted by Gasteiger charge is -2.39. The van der Waals surface area contributed by atoms with Crippen molar-refractivity contribution in [1.82, 2.24) is 4.98 Å². The molecule has 0 saturated carbocycles. The Hall–Kier alpha value is -2.27. The molecule has 5 atom stereocenters. The molecule has 1 saturated heterocycles. The van der Waals surface area contributed by atoms with Gasteiger partial charge in [-0.05, 0) is 24.3 Å². The number of aromatic nitrogens is 1. The molecule has 154 valence electrons. The van der Waals surface area contributed by atoms with Crippen LogP contribution in [-0.4, -0.2) is 69.8 Å². The number of rotatable bonds is 5. The Morgan fingerprint density at radius 2 is 1.86 bits per heavy atom. The fourth-order valence-electron chi connectivity index (χ4n) is 3.18. The van der Waals surface area contributed by atoms with Crippen LogP contribution in [0.25, 0.3) is 20.8 Å². The molecule has 0 bridgehead atoms. The first-order valence-corrected chi connectivity index (χ1v) is 9.84. The third-order valence-electron chi connectivity index (χ3n) is 4.80. The minimum atomic E-state index is -1.53. The molecule has 0 aliphatic carbocycles. The molecule has 0 unspecified atom stereocenters. The van der Waals surface area contributed by atoms with Crippen LogP contribution >= 0.6 is 11.3 Å². The van der Waals surface area contributed by atoms with E-state index in [0.717, 1.165) is 10.2 Å². The van der Waals surface area contributed by atoms with Crippen LogP contribution in [0.2, 0.25) is 0 Å². The molecule has 1 aliphatic heterocycles. The summed E-state index contributed by atoms with van der Waals surface area (Å²) in [7, 11) is 1.52. The normalized spacial score (nSPS) is 27.1. The van der Waals surface area contributed by atoms with Gasteiger partial charge < -0.3 is 34.6 Å². The van der Waals surface area contributed by atoms with Crippen molar-refractivity contribution >= 4 is 21.6 Å². The molecule has 8 nitrogen and oxygen atoms in total. The van der Waals surface area contributed by atoms with Crippen molar-refractivity contribution in [3.05, 3.63) is 42.5 Å². The number of nitrogens with zero attached hydrogens (tertiary/aromatic N) is 1. The van der Waals surface area contributed by atoms with E-state index in [-0.39, 0.29) is 0 Å². The topological polar surface area (TPSA) is 122 Å². The first-order chi connectivity index (χ1) is 14.0. The zero-order chi connectivity index (χ0) is 20.5. The number of aliphatic hydroxyl groups is 4. The van der Waals surface area contributed by atoms with Crippen molar-refractivity contribution in [3.8, 4) is 22.1 Å². The van der Waals surface area contributed by atoms with Gasteiger partial charge >= 0.3 is 0 Å². The lowest BCUT2D eigenvalue weighted by atomic mass is 9.99. The van der Waals surface area contributed by atoms with Crippen LogP contribution < -0.4 is 9.47 Å². The largest absolute Gasteiger partial charge is 0.497 e. The summed E-state index contributed by atoms with van der Waals surface area (Å²) in [6.45, 7) is -0.534. The second-order valence-electron chi connectivity index (χ2n) is 6.66. The van der Waals surface area contributed by atoms with E-state index in [4.69, 9.17) is 14.2 Å². The Kier molecular flexibility index (Phi) is 5.68. The highest BCUT2D eigenvalue weighted by molar-refractivity contribution is 7.21. The van der Waals surface area contributed by atoms with Gasteiger partial charge in [-0.2, -0.15) is 0 Å². The lowest BCUT2D eigenvalue weighted by molar-refractivity contribution is -0.277. The predicted molar refractivity (Wildman–Crippen MR) is 106 cm³/mol. The van der Waals surface area contributed by atoms with E-state index < -0.39 is 37.3 Å². The van der Waals surface area contributed by atoms with Crippen molar-refractivity contribution in [3.63, 3.8) is 0 Å². The molecular formula is C20H21NO7S. The number of methoxy groups -OCH3 is 1. The SMILES string of the molecule is COc1ccc(-c2nc3ccccc3s2)c(O[C@@H]2O[C@H](CO)[C@H](O)[C@H](O)[C@H]2O)c1. The predicted octanol–water partition coefficient (Wildman–Crippen LogP) is 1.15. The van der Waals surface area contributed by atoms with Crippen LogP contribution in [0.4, 0.5) is 0 Å². The number of aliphatic hydroxyl groups excluding tert-OH is 4. The third kappa shape index (κ3) is 3.80. The third-order valence-corrected chi connectivity index (χ3v) is 5.87. The molecule has 1 aliphatic rings. The van der Waals surface area contributed by atoms with Gasteiger partial charge in [-0.15, -0.1) is 11.3 Å². The molecule has 0 radical (unpaired) electrons. The molecule has 29 heavy (non-hydrogen) atoms. The number of hydrogen-bond acceptors (Lipinski definition) is 9. The highest BCUT2D eigenvalue weighted by Crippen LogP contribution is 2.39. The van der Waals surface area contributed by atoms with Gasteiger partial charge in [0.2, 0.25) is 6.29 Å². The monoisotopic (exact) mass is 419 g/mol. The Balaban J connectivity index is 1.70. The summed E-state index contributed by atoms with van der Waals surface area (Å²) >= 11 is 1.48. The van der Waals surface area contributed by atoms with Crippen LogP contribution in [0.15, 0.2) is 42.5 Å². The lowest BCUT2D eigenvalue weighted by Crippen LogP contribution is -2.60. The van der Waals surface area contributed by atoms with Crippen LogP contribution in [-0.2, 0) is 4.74 Å². The van der Waals surface area contributed by atoms with E-state index in [9.17, 15) is 20.4 Å². The molecule has 4 N–H and O–H groups in total. The number of ether oxygens (including phenoxy) is 3. The number of hydrogen-bond donors (Lipinski definition) is 4. The average molecular weight is 419 g/mol. The van der Waals surface area contributed by atoms with Crippen LogP contribution in [0, 0.1) is 0 Å². The standard InChI is InChI=1S/C20H21NO7S/c1-26-10-6-7-11(19-21-12-4-2-3-5-15(12)29-19)13(8-10)27-20-18(25)17(24)16(23)14(9-22)28-20/h2-8,14,16-18,20,22-25H,9H2,1H3/t14-,16+,17+,18-,20-/m1/s1. The Labute approximate surface area is 170 Å². The second-order valence-corrected chi connectivity index (χ2v) is 7.69. The molecule has 2 heterocycles. The first kappa shape index (κ1) is 20.0. The van der Waals surface area contributed by atoms with E-state index >= 15 is 0 Å².